The van der Waals surface area contributed by atoms with E-state index in [1.807, 2.05) is 36.5 Å². The molecule has 0 bridgehead atoms. The van der Waals surface area contributed by atoms with Gasteiger partial charge in [0.25, 0.3) is 5.91 Å². The average Bonchev–Trinajstić information content (AvgIpc) is 3.02. The zero-order valence-corrected chi connectivity index (χ0v) is 21.5. The van der Waals surface area contributed by atoms with Crippen LogP contribution in [0.2, 0.25) is 5.02 Å². The van der Waals surface area contributed by atoms with Crippen molar-refractivity contribution < 1.29 is 9.18 Å². The summed E-state index contributed by atoms with van der Waals surface area (Å²) in [6, 6.07) is 14.4. The fourth-order valence-electron chi connectivity index (χ4n) is 4.63. The monoisotopic (exact) mass is 522 g/mol. The Bertz CT molecular complexity index is 1350. The number of imidazole rings is 1. The van der Waals surface area contributed by atoms with Crippen LogP contribution in [-0.4, -0.2) is 26.5 Å². The molecule has 5 nitrogen and oxygen atoms in total. The summed E-state index contributed by atoms with van der Waals surface area (Å²) in [5.74, 6) is 0.215. The first-order valence-electron chi connectivity index (χ1n) is 12.3. The molecule has 2 aromatic carbocycles. The maximum absolute atomic E-state index is 13.4. The van der Waals surface area contributed by atoms with Gasteiger partial charge < -0.3 is 9.88 Å². The molecule has 0 spiro atoms. The van der Waals surface area contributed by atoms with Gasteiger partial charge >= 0.3 is 0 Å². The Kier molecular flexibility index (Phi) is 7.87. The second kappa shape index (κ2) is 11.4. The molecule has 1 fully saturated rings. The quantitative estimate of drug-likeness (QED) is 0.209. The lowest BCUT2D eigenvalue weighted by Crippen LogP contribution is -2.34. The van der Waals surface area contributed by atoms with Crippen LogP contribution in [0.25, 0.3) is 11.0 Å². The third kappa shape index (κ3) is 5.90. The summed E-state index contributed by atoms with van der Waals surface area (Å²) in [6.45, 7) is 0.589. The van der Waals surface area contributed by atoms with Gasteiger partial charge in [0.15, 0.2) is 5.16 Å². The Morgan fingerprint density at radius 1 is 1.08 bits per heavy atom. The Balaban J connectivity index is 1.31. The summed E-state index contributed by atoms with van der Waals surface area (Å²) in [5, 5.41) is 4.45. The zero-order valence-electron chi connectivity index (χ0n) is 19.9. The first kappa shape index (κ1) is 24.8. The summed E-state index contributed by atoms with van der Waals surface area (Å²) in [7, 11) is 0. The van der Waals surface area contributed by atoms with Crippen LogP contribution in [0.5, 0.6) is 0 Å². The van der Waals surface area contributed by atoms with E-state index in [0.717, 1.165) is 40.2 Å². The van der Waals surface area contributed by atoms with Gasteiger partial charge in [0.1, 0.15) is 5.82 Å². The van der Waals surface area contributed by atoms with E-state index >= 15 is 0 Å². The van der Waals surface area contributed by atoms with E-state index in [1.165, 1.54) is 37.8 Å². The minimum atomic E-state index is -0.349. The highest BCUT2D eigenvalue weighted by atomic mass is 35.5. The lowest BCUT2D eigenvalue weighted by molar-refractivity contribution is 0.0933. The molecule has 8 heteroatoms. The van der Waals surface area contributed by atoms with Crippen LogP contribution in [0, 0.1) is 5.82 Å². The van der Waals surface area contributed by atoms with Gasteiger partial charge in [-0.1, -0.05) is 67.2 Å². The maximum atomic E-state index is 13.4. The highest BCUT2D eigenvalue weighted by molar-refractivity contribution is 7.98. The average molecular weight is 523 g/mol. The van der Waals surface area contributed by atoms with Gasteiger partial charge in [0, 0.05) is 28.6 Å². The number of rotatable bonds is 7. The van der Waals surface area contributed by atoms with Crippen molar-refractivity contribution >= 4 is 40.3 Å². The molecule has 0 saturated heterocycles. The molecule has 4 aromatic rings. The highest BCUT2D eigenvalue weighted by Crippen LogP contribution is 2.30. The Morgan fingerprint density at radius 2 is 1.86 bits per heavy atom. The number of halogens is 2. The molecule has 1 amide bonds. The van der Waals surface area contributed by atoms with Crippen molar-refractivity contribution in [2.45, 2.75) is 62.0 Å². The van der Waals surface area contributed by atoms with Crippen LogP contribution < -0.4 is 5.32 Å². The van der Waals surface area contributed by atoms with E-state index in [4.69, 9.17) is 16.6 Å². The van der Waals surface area contributed by atoms with Crippen molar-refractivity contribution in [2.75, 3.05) is 0 Å². The molecule has 1 aliphatic rings. The van der Waals surface area contributed by atoms with Crippen LogP contribution in [0.4, 0.5) is 4.39 Å². The van der Waals surface area contributed by atoms with Crippen molar-refractivity contribution in [1.82, 2.24) is 19.9 Å². The molecule has 1 saturated carbocycles. The number of hydrogen-bond acceptors (Lipinski definition) is 4. The van der Waals surface area contributed by atoms with Crippen molar-refractivity contribution in [3.63, 3.8) is 0 Å². The number of benzene rings is 2. The van der Waals surface area contributed by atoms with Gasteiger partial charge in [-0.3, -0.25) is 9.78 Å². The van der Waals surface area contributed by atoms with E-state index < -0.39 is 0 Å². The predicted molar refractivity (Wildman–Crippen MR) is 143 cm³/mol. The molecule has 36 heavy (non-hydrogen) atoms. The standard InChI is InChI=1S/C28H28ClFN4OS/c29-24-15-22(30)12-11-21(24)18-36-28-33-25-13-14-31-16-26(25)34(28)17-19-7-9-20(10-8-19)27(35)32-23-5-3-1-2-4-6-23/h7-16,23H,1-6,17-18H2,(H,32,35). The Morgan fingerprint density at radius 3 is 2.61 bits per heavy atom. The summed E-state index contributed by atoms with van der Waals surface area (Å²) in [5.41, 5.74) is 4.38. The molecule has 0 radical (unpaired) electrons. The number of nitrogens with one attached hydrogen (secondary N) is 1. The zero-order chi connectivity index (χ0) is 24.9. The summed E-state index contributed by atoms with van der Waals surface area (Å²) < 4.78 is 15.5. The van der Waals surface area contributed by atoms with Gasteiger partial charge in [-0.2, -0.15) is 0 Å². The van der Waals surface area contributed by atoms with Crippen LogP contribution >= 0.6 is 23.4 Å². The fourth-order valence-corrected chi connectivity index (χ4v) is 5.96. The minimum Gasteiger partial charge on any atom is -0.349 e. The first-order chi connectivity index (χ1) is 17.6. The van der Waals surface area contributed by atoms with E-state index in [9.17, 15) is 9.18 Å². The number of carbonyl (C=O) groups excluding carboxylic acids is 1. The lowest BCUT2D eigenvalue weighted by Gasteiger charge is -2.16. The van der Waals surface area contributed by atoms with Gasteiger partial charge in [0.2, 0.25) is 0 Å². The summed E-state index contributed by atoms with van der Waals surface area (Å²) in [4.78, 5) is 21.9. The van der Waals surface area contributed by atoms with Crippen LogP contribution in [-0.2, 0) is 12.3 Å². The molecule has 1 aliphatic carbocycles. The highest BCUT2D eigenvalue weighted by Gasteiger charge is 2.17. The molecular weight excluding hydrogens is 495 g/mol. The molecule has 2 aromatic heterocycles. The third-order valence-electron chi connectivity index (χ3n) is 6.63. The summed E-state index contributed by atoms with van der Waals surface area (Å²) >= 11 is 7.78. The minimum absolute atomic E-state index is 0.00171. The number of fused-ring (bicyclic) bond motifs is 1. The molecule has 5 rings (SSSR count). The topological polar surface area (TPSA) is 59.8 Å². The van der Waals surface area contributed by atoms with Gasteiger partial charge in [-0.25, -0.2) is 9.37 Å². The molecule has 0 unspecified atom stereocenters. The largest absolute Gasteiger partial charge is 0.349 e. The maximum Gasteiger partial charge on any atom is 0.251 e. The molecule has 0 atom stereocenters. The second-order valence-electron chi connectivity index (χ2n) is 9.23. The second-order valence-corrected chi connectivity index (χ2v) is 10.6. The van der Waals surface area contributed by atoms with Crippen LogP contribution in [0.1, 0.15) is 60.0 Å². The lowest BCUT2D eigenvalue weighted by atomic mass is 10.1. The summed E-state index contributed by atoms with van der Waals surface area (Å²) in [6.07, 6.45) is 10.6. The van der Waals surface area contributed by atoms with Gasteiger partial charge in [-0.15, -0.1) is 0 Å². The fraction of sp³-hybridized carbons (Fsp3) is 0.321. The number of pyridine rings is 1. The molecule has 186 valence electrons. The Hall–Kier alpha value is -2.90. The third-order valence-corrected chi connectivity index (χ3v) is 8.01. The van der Waals surface area contributed by atoms with Crippen molar-refractivity contribution in [2.24, 2.45) is 0 Å². The molecular formula is C28H28ClFN4OS. The molecule has 2 heterocycles. The van der Waals surface area contributed by atoms with Crippen molar-refractivity contribution in [1.29, 1.82) is 0 Å². The first-order valence-corrected chi connectivity index (χ1v) is 13.7. The predicted octanol–water partition coefficient (Wildman–Crippen LogP) is 7.02. The Labute approximate surface area is 219 Å². The van der Waals surface area contributed by atoms with E-state index in [-0.39, 0.29) is 17.8 Å². The molecule has 0 aliphatic heterocycles. The molecule has 1 N–H and O–H groups in total. The van der Waals surface area contributed by atoms with Crippen LogP contribution in [0.3, 0.4) is 0 Å². The number of aromatic nitrogens is 3. The van der Waals surface area contributed by atoms with Gasteiger partial charge in [-0.05, 0) is 54.3 Å². The van der Waals surface area contributed by atoms with E-state index in [2.05, 4.69) is 14.9 Å². The van der Waals surface area contributed by atoms with Crippen molar-refractivity contribution in [3.8, 4) is 0 Å². The number of amides is 1. The number of hydrogen-bond donors (Lipinski definition) is 1. The van der Waals surface area contributed by atoms with Crippen LogP contribution in [0.15, 0.2) is 66.1 Å². The van der Waals surface area contributed by atoms with Gasteiger partial charge in [0.05, 0.1) is 23.8 Å². The number of nitrogens with zero attached hydrogens (tertiary/aromatic N) is 3. The number of carbonyl (C=O) groups is 1. The van der Waals surface area contributed by atoms with Crippen molar-refractivity contribution in [3.05, 3.63) is 88.5 Å². The smallest absolute Gasteiger partial charge is 0.251 e. The SMILES string of the molecule is O=C(NC1CCCCCC1)c1ccc(Cn2c(SCc3ccc(F)cc3Cl)nc3ccncc32)cc1. The number of thioether (sulfide) groups is 1. The van der Waals surface area contributed by atoms with E-state index in [0.29, 0.717) is 22.9 Å². The normalized spacial score (nSPS) is 14.6. The van der Waals surface area contributed by atoms with E-state index in [1.54, 1.807) is 24.0 Å².